The van der Waals surface area contributed by atoms with Crippen LogP contribution >= 0.6 is 34.7 Å². The maximum atomic E-state index is 13.2. The first-order valence-corrected chi connectivity index (χ1v) is 13.5. The third-order valence-corrected chi connectivity index (χ3v) is 8.56. The fraction of sp³-hybridized carbons (Fsp3) is 0.200. The monoisotopic (exact) mass is 550 g/mol. The van der Waals surface area contributed by atoms with Crippen LogP contribution in [0.3, 0.4) is 0 Å². The average Bonchev–Trinajstić information content (AvgIpc) is 3.36. The normalized spacial score (nSPS) is 17.6. The standard InChI is InChI=1S/C25H19ClN6O3S2/c26-16-9-7-14(8-10-16)13-36-25-30-29-24(37-25)31-19-5-2-6-20(33)22(19)21(18(12-27)23(31)28)15-3-1-4-17(11-15)32(34)35/h1,3-4,7-11,21H,2,5-6,13,28H2/t21-/m1/s1. The van der Waals surface area contributed by atoms with Crippen LogP contribution in [-0.4, -0.2) is 20.9 Å². The van der Waals surface area contributed by atoms with Gasteiger partial charge in [0, 0.05) is 40.6 Å². The summed E-state index contributed by atoms with van der Waals surface area (Å²) < 4.78 is 0.710. The van der Waals surface area contributed by atoms with Crippen molar-refractivity contribution in [3.05, 3.63) is 97.5 Å². The van der Waals surface area contributed by atoms with Crippen LogP contribution in [0.4, 0.5) is 10.8 Å². The van der Waals surface area contributed by atoms with E-state index in [1.54, 1.807) is 17.0 Å². The number of ketones is 1. The van der Waals surface area contributed by atoms with Crippen molar-refractivity contribution < 1.29 is 9.72 Å². The van der Waals surface area contributed by atoms with E-state index >= 15 is 0 Å². The Hall–Kier alpha value is -3.72. The number of carbonyl (C=O) groups excluding carboxylic acids is 1. The molecule has 186 valence electrons. The molecule has 2 N–H and O–H groups in total. The molecule has 0 saturated carbocycles. The molecular formula is C25H19ClN6O3S2. The lowest BCUT2D eigenvalue weighted by molar-refractivity contribution is -0.384. The van der Waals surface area contributed by atoms with Crippen LogP contribution in [0.15, 0.2) is 75.5 Å². The van der Waals surface area contributed by atoms with E-state index in [2.05, 4.69) is 16.3 Å². The van der Waals surface area contributed by atoms with Gasteiger partial charge in [-0.1, -0.05) is 59.0 Å². The highest BCUT2D eigenvalue weighted by molar-refractivity contribution is 8.00. The minimum Gasteiger partial charge on any atom is -0.384 e. The summed E-state index contributed by atoms with van der Waals surface area (Å²) in [6.45, 7) is 0. The second-order valence-electron chi connectivity index (χ2n) is 8.43. The summed E-state index contributed by atoms with van der Waals surface area (Å²) >= 11 is 8.79. The Bertz CT molecular complexity index is 1510. The van der Waals surface area contributed by atoms with Gasteiger partial charge in [-0.15, -0.1) is 10.2 Å². The van der Waals surface area contributed by atoms with Crippen LogP contribution < -0.4 is 10.6 Å². The number of nitriles is 1. The number of hydrogen-bond acceptors (Lipinski definition) is 10. The Labute approximate surface area is 225 Å². The van der Waals surface area contributed by atoms with Crippen molar-refractivity contribution in [2.24, 2.45) is 5.73 Å². The molecule has 1 atom stereocenters. The predicted octanol–water partition coefficient (Wildman–Crippen LogP) is 5.70. The lowest BCUT2D eigenvalue weighted by Gasteiger charge is -2.38. The van der Waals surface area contributed by atoms with Gasteiger partial charge in [-0.05, 0) is 36.1 Å². The van der Waals surface area contributed by atoms with Gasteiger partial charge in [-0.2, -0.15) is 5.26 Å². The maximum Gasteiger partial charge on any atom is 0.269 e. The van der Waals surface area contributed by atoms with Crippen LogP contribution in [0.1, 0.15) is 36.3 Å². The molecule has 0 saturated heterocycles. The van der Waals surface area contributed by atoms with Crippen molar-refractivity contribution in [3.8, 4) is 6.07 Å². The summed E-state index contributed by atoms with van der Waals surface area (Å²) in [7, 11) is 0. The number of rotatable bonds is 6. The van der Waals surface area contributed by atoms with Crippen molar-refractivity contribution in [1.29, 1.82) is 5.26 Å². The van der Waals surface area contributed by atoms with E-state index in [4.69, 9.17) is 17.3 Å². The first-order valence-electron chi connectivity index (χ1n) is 11.3. The number of aromatic nitrogens is 2. The van der Waals surface area contributed by atoms with Crippen molar-refractivity contribution in [3.63, 3.8) is 0 Å². The average molecular weight is 551 g/mol. The Morgan fingerprint density at radius 1 is 1.24 bits per heavy atom. The van der Waals surface area contributed by atoms with Gasteiger partial charge in [0.25, 0.3) is 5.69 Å². The molecule has 2 aromatic carbocycles. The lowest BCUT2D eigenvalue weighted by atomic mass is 9.75. The number of anilines is 1. The number of halogens is 1. The molecule has 3 aromatic rings. The number of allylic oxidation sites excluding steroid dienone is 3. The third kappa shape index (κ3) is 4.83. The summed E-state index contributed by atoms with van der Waals surface area (Å²) in [5.74, 6) is -0.0691. The molecule has 1 aliphatic heterocycles. The molecule has 37 heavy (non-hydrogen) atoms. The van der Waals surface area contributed by atoms with E-state index in [1.165, 1.54) is 35.2 Å². The molecule has 1 aliphatic carbocycles. The first kappa shape index (κ1) is 25.0. The number of Topliss-reactive ketones (excluding diaryl/α,β-unsaturated/α-hetero) is 1. The number of nitro benzene ring substituents is 1. The van der Waals surface area contributed by atoms with Crippen molar-refractivity contribution in [2.45, 2.75) is 35.3 Å². The van der Waals surface area contributed by atoms with Crippen LogP contribution in [0.5, 0.6) is 0 Å². The zero-order chi connectivity index (χ0) is 26.1. The lowest BCUT2D eigenvalue weighted by Crippen LogP contribution is -2.38. The SMILES string of the molecule is N#CC1=C(N)N(c2nnc(SCc3ccc(Cl)cc3)s2)C2=C(C(=O)CCC2)[C@@H]1c1cccc([N+](=O)[O-])c1. The third-order valence-electron chi connectivity index (χ3n) is 6.19. The molecule has 9 nitrogen and oxygen atoms in total. The van der Waals surface area contributed by atoms with Gasteiger partial charge in [-0.25, -0.2) is 0 Å². The highest BCUT2D eigenvalue weighted by Crippen LogP contribution is 2.47. The Morgan fingerprint density at radius 2 is 2.03 bits per heavy atom. The van der Waals surface area contributed by atoms with Crippen LogP contribution in [0.2, 0.25) is 5.02 Å². The number of hydrogen-bond donors (Lipinski definition) is 1. The molecule has 0 radical (unpaired) electrons. The molecule has 0 fully saturated rings. The second-order valence-corrected chi connectivity index (χ2v) is 11.0. The Morgan fingerprint density at radius 3 is 2.76 bits per heavy atom. The Kier molecular flexibility index (Phi) is 6.97. The quantitative estimate of drug-likeness (QED) is 0.232. The first-order chi connectivity index (χ1) is 17.9. The summed E-state index contributed by atoms with van der Waals surface area (Å²) in [5.41, 5.74) is 9.25. The number of nitro groups is 1. The van der Waals surface area contributed by atoms with E-state index in [9.17, 15) is 20.2 Å². The molecule has 0 unspecified atom stereocenters. The number of benzene rings is 2. The van der Waals surface area contributed by atoms with Gasteiger partial charge in [0.1, 0.15) is 5.82 Å². The number of carbonyl (C=O) groups is 1. The van der Waals surface area contributed by atoms with Crippen molar-refractivity contribution >= 4 is 51.3 Å². The van der Waals surface area contributed by atoms with E-state index < -0.39 is 10.8 Å². The second kappa shape index (κ2) is 10.3. The van der Waals surface area contributed by atoms with Gasteiger partial charge < -0.3 is 5.73 Å². The molecule has 0 amide bonds. The largest absolute Gasteiger partial charge is 0.384 e. The number of nitrogens with zero attached hydrogens (tertiary/aromatic N) is 5. The molecular weight excluding hydrogens is 532 g/mol. The van der Waals surface area contributed by atoms with Crippen LogP contribution in [0, 0.1) is 21.4 Å². The summed E-state index contributed by atoms with van der Waals surface area (Å²) in [6.07, 6.45) is 1.51. The highest BCUT2D eigenvalue weighted by Gasteiger charge is 2.41. The van der Waals surface area contributed by atoms with Gasteiger partial charge in [-0.3, -0.25) is 19.8 Å². The van der Waals surface area contributed by atoms with E-state index in [0.29, 0.717) is 56.3 Å². The molecule has 12 heteroatoms. The van der Waals surface area contributed by atoms with Gasteiger partial charge >= 0.3 is 0 Å². The molecule has 2 aliphatic rings. The van der Waals surface area contributed by atoms with Gasteiger partial charge in [0.15, 0.2) is 10.1 Å². The fourth-order valence-electron chi connectivity index (χ4n) is 4.53. The van der Waals surface area contributed by atoms with E-state index in [0.717, 1.165) is 5.56 Å². The minimum absolute atomic E-state index is 0.107. The number of thioether (sulfide) groups is 1. The molecule has 0 spiro atoms. The summed E-state index contributed by atoms with van der Waals surface area (Å²) in [4.78, 5) is 25.8. The smallest absolute Gasteiger partial charge is 0.269 e. The highest BCUT2D eigenvalue weighted by atomic mass is 35.5. The summed E-state index contributed by atoms with van der Waals surface area (Å²) in [6, 6.07) is 15.7. The van der Waals surface area contributed by atoms with Gasteiger partial charge in [0.05, 0.1) is 22.5 Å². The zero-order valence-electron chi connectivity index (χ0n) is 19.3. The topological polar surface area (TPSA) is 139 Å². The van der Waals surface area contributed by atoms with E-state index in [-0.39, 0.29) is 22.9 Å². The summed E-state index contributed by atoms with van der Waals surface area (Å²) in [5, 5.41) is 31.3. The zero-order valence-corrected chi connectivity index (χ0v) is 21.6. The van der Waals surface area contributed by atoms with Crippen molar-refractivity contribution in [1.82, 2.24) is 10.2 Å². The predicted molar refractivity (Wildman–Crippen MR) is 142 cm³/mol. The van der Waals surface area contributed by atoms with Crippen molar-refractivity contribution in [2.75, 3.05) is 4.90 Å². The fourth-order valence-corrected chi connectivity index (χ4v) is 6.50. The van der Waals surface area contributed by atoms with Crippen LogP contribution in [0.25, 0.3) is 0 Å². The van der Waals surface area contributed by atoms with Crippen LogP contribution in [-0.2, 0) is 10.5 Å². The Balaban J connectivity index is 1.53. The maximum absolute atomic E-state index is 13.2. The molecule has 2 heterocycles. The number of non-ortho nitro benzene ring substituents is 1. The molecule has 1 aromatic heterocycles. The molecule has 5 rings (SSSR count). The number of nitrogens with two attached hydrogens (primary N) is 1. The molecule has 0 bridgehead atoms. The van der Waals surface area contributed by atoms with Gasteiger partial charge in [0.2, 0.25) is 5.13 Å². The minimum atomic E-state index is -0.782. The van der Waals surface area contributed by atoms with E-state index in [1.807, 2.05) is 24.3 Å².